The summed E-state index contributed by atoms with van der Waals surface area (Å²) in [5.41, 5.74) is 3.06. The number of aryl methyl sites for hydroxylation is 1. The molecule has 2 saturated carbocycles. The monoisotopic (exact) mass is 707 g/mol. The van der Waals surface area contributed by atoms with Gasteiger partial charge in [-0.2, -0.15) is 34.6 Å². The van der Waals surface area contributed by atoms with Crippen LogP contribution < -0.4 is 9.47 Å². The highest BCUT2D eigenvalue weighted by Gasteiger charge is 2.56. The number of nitrogens with zero attached hydrogens (tertiary/aromatic N) is 1. The number of fused-ring (bicyclic) bond motifs is 5. The quantitative estimate of drug-likeness (QED) is 0.226. The number of halogens is 5. The van der Waals surface area contributed by atoms with Gasteiger partial charge in [0.15, 0.2) is 11.5 Å². The van der Waals surface area contributed by atoms with Crippen molar-refractivity contribution >= 4 is 24.5 Å². The van der Waals surface area contributed by atoms with E-state index in [-0.39, 0.29) is 23.7 Å². The molecule has 5 rings (SSSR count). The van der Waals surface area contributed by atoms with Crippen LogP contribution in [0, 0.1) is 22.7 Å². The van der Waals surface area contributed by atoms with Gasteiger partial charge >= 0.3 is 18.2 Å². The highest BCUT2D eigenvalue weighted by atomic mass is 32.1. The molecule has 1 amide bonds. The number of ether oxygens (including phenoxy) is 3. The second kappa shape index (κ2) is 16.8. The number of methoxy groups -OCH3 is 1. The summed E-state index contributed by atoms with van der Waals surface area (Å²) in [6.45, 7) is 13.5. The van der Waals surface area contributed by atoms with Crippen molar-refractivity contribution in [2.24, 2.45) is 22.7 Å². The van der Waals surface area contributed by atoms with Gasteiger partial charge in [0, 0.05) is 31.3 Å². The number of carbonyl (C=O) groups excluding carboxylic acids is 2. The number of ketones is 1. The molecule has 1 aromatic rings. The molecule has 0 bridgehead atoms. The first-order chi connectivity index (χ1) is 22.4. The van der Waals surface area contributed by atoms with Crippen LogP contribution in [0.4, 0.5) is 26.7 Å². The molecule has 0 aromatic heterocycles. The van der Waals surface area contributed by atoms with Gasteiger partial charge in [-0.1, -0.05) is 47.5 Å². The Hall–Kier alpha value is -2.08. The predicted octanol–water partition coefficient (Wildman–Crippen LogP) is 9.68. The third kappa shape index (κ3) is 9.58. The van der Waals surface area contributed by atoms with Crippen LogP contribution >= 0.6 is 12.6 Å². The van der Waals surface area contributed by atoms with Crippen LogP contribution in [0.25, 0.3) is 0 Å². The number of rotatable bonds is 7. The minimum atomic E-state index is -5.42. The van der Waals surface area contributed by atoms with E-state index >= 15 is 0 Å². The third-order valence-electron chi connectivity index (χ3n) is 11.2. The number of amides is 1. The van der Waals surface area contributed by atoms with E-state index in [4.69, 9.17) is 14.2 Å². The number of hydrogen-bond acceptors (Lipinski definition) is 6. The second-order valence-electron chi connectivity index (χ2n) is 14.4. The maximum absolute atomic E-state index is 12.6. The van der Waals surface area contributed by atoms with Crippen LogP contribution in [0.15, 0.2) is 12.1 Å². The van der Waals surface area contributed by atoms with Crippen molar-refractivity contribution in [3.05, 3.63) is 23.3 Å². The minimum Gasteiger partial charge on any atom is -0.493 e. The molecule has 4 aliphatic rings. The Kier molecular flexibility index (Phi) is 14.1. The Balaban J connectivity index is 0.000000288. The maximum Gasteiger partial charge on any atom is 0.453 e. The topological polar surface area (TPSA) is 65.1 Å². The largest absolute Gasteiger partial charge is 0.493 e. The molecule has 1 heterocycles. The molecule has 0 radical (unpaired) electrons. The molecule has 274 valence electrons. The summed E-state index contributed by atoms with van der Waals surface area (Å²) in [5, 5.41) is 0. The van der Waals surface area contributed by atoms with Gasteiger partial charge in [-0.3, -0.25) is 4.79 Å². The SMILES string of the molecule is CCC(C)(C)CC.COc1cc2c(cc1OC(=O)N1CCOCC1)CCC1C2CCC2(C)C(=O)CCC12.FC(F)(F)C(F)(F)CCCS. The van der Waals surface area contributed by atoms with Crippen LogP contribution in [0.3, 0.4) is 0 Å². The van der Waals surface area contributed by atoms with Gasteiger partial charge in [0.05, 0.1) is 20.3 Å². The van der Waals surface area contributed by atoms with Crippen molar-refractivity contribution < 1.29 is 45.8 Å². The number of morpholine rings is 1. The van der Waals surface area contributed by atoms with E-state index in [1.54, 1.807) is 12.0 Å². The van der Waals surface area contributed by atoms with Crippen molar-refractivity contribution in [1.29, 1.82) is 0 Å². The zero-order chi connectivity index (χ0) is 35.9. The second-order valence-corrected chi connectivity index (χ2v) is 14.9. The Bertz CT molecular complexity index is 1230. The van der Waals surface area contributed by atoms with Crippen LogP contribution in [-0.2, 0) is 16.0 Å². The lowest BCUT2D eigenvalue weighted by molar-refractivity contribution is -0.284. The number of hydrogen-bond donors (Lipinski definition) is 1. The summed E-state index contributed by atoms with van der Waals surface area (Å²) in [6, 6.07) is 4.10. The first-order valence-electron chi connectivity index (χ1n) is 17.3. The van der Waals surface area contributed by atoms with E-state index in [2.05, 4.69) is 53.3 Å². The Morgan fingerprint density at radius 3 is 2.21 bits per heavy atom. The molecule has 12 heteroatoms. The van der Waals surface area contributed by atoms with Crippen molar-refractivity contribution in [3.8, 4) is 11.5 Å². The van der Waals surface area contributed by atoms with Crippen LogP contribution in [0.1, 0.15) is 109 Å². The average Bonchev–Trinajstić information content (AvgIpc) is 3.37. The average molecular weight is 708 g/mol. The zero-order valence-electron chi connectivity index (χ0n) is 29.3. The lowest BCUT2D eigenvalue weighted by Gasteiger charge is -2.48. The molecule has 4 unspecified atom stereocenters. The van der Waals surface area contributed by atoms with Gasteiger partial charge in [-0.05, 0) is 90.7 Å². The normalized spacial score (nSPS) is 25.4. The fraction of sp³-hybridized carbons (Fsp3) is 0.778. The number of Topliss-reactive ketones (excluding diaryl/α,β-unsaturated/α-hetero) is 1. The lowest BCUT2D eigenvalue weighted by Crippen LogP contribution is -2.42. The lowest BCUT2D eigenvalue weighted by atomic mass is 9.55. The van der Waals surface area contributed by atoms with Gasteiger partial charge in [0.1, 0.15) is 5.78 Å². The van der Waals surface area contributed by atoms with Gasteiger partial charge in [0.25, 0.3) is 0 Å². The standard InChI is InChI=1S/C24H31NO5.C7H16.C5H7F5S/c1-24-8-7-16-17(19(24)5-6-22(24)26)4-3-15-13-21(20(28-2)14-18(15)16)30-23(27)25-9-11-29-12-10-25;1-5-7(3,4)6-2;6-4(7,2-1-3-11)5(8,9)10/h13-14,16-17,19H,3-12H2,1-2H3;5-6H2,1-4H3;11H,1-3H2. The molecule has 48 heavy (non-hydrogen) atoms. The van der Waals surface area contributed by atoms with E-state index in [0.717, 1.165) is 38.5 Å². The molecule has 4 atom stereocenters. The molecule has 3 aliphatic carbocycles. The van der Waals surface area contributed by atoms with Crippen LogP contribution in [0.5, 0.6) is 11.5 Å². The number of carbonyl (C=O) groups is 2. The first kappa shape index (κ1) is 40.4. The summed E-state index contributed by atoms with van der Waals surface area (Å²) in [6.07, 6.45) is 1.29. The van der Waals surface area contributed by atoms with Gasteiger partial charge < -0.3 is 19.1 Å². The molecule has 0 N–H and O–H groups in total. The third-order valence-corrected chi connectivity index (χ3v) is 11.5. The summed E-state index contributed by atoms with van der Waals surface area (Å²) < 4.78 is 74.7. The molecular formula is C36H54F5NO5S. The first-order valence-corrected chi connectivity index (χ1v) is 17.9. The van der Waals surface area contributed by atoms with Crippen molar-refractivity contribution in [3.63, 3.8) is 0 Å². The molecule has 1 saturated heterocycles. The van der Waals surface area contributed by atoms with E-state index in [9.17, 15) is 31.5 Å². The van der Waals surface area contributed by atoms with Gasteiger partial charge in [-0.25, -0.2) is 4.79 Å². The maximum atomic E-state index is 12.6. The molecule has 1 aliphatic heterocycles. The van der Waals surface area contributed by atoms with Gasteiger partial charge in [-0.15, -0.1) is 0 Å². The number of thiol groups is 1. The summed E-state index contributed by atoms with van der Waals surface area (Å²) in [7, 11) is 1.63. The van der Waals surface area contributed by atoms with Crippen molar-refractivity contribution in [1.82, 2.24) is 4.90 Å². The Morgan fingerprint density at radius 2 is 1.67 bits per heavy atom. The van der Waals surface area contributed by atoms with E-state index < -0.39 is 18.5 Å². The predicted molar refractivity (Wildman–Crippen MR) is 179 cm³/mol. The summed E-state index contributed by atoms with van der Waals surface area (Å²) in [5.74, 6) is -1.40. The van der Waals surface area contributed by atoms with Crippen LogP contribution in [0.2, 0.25) is 0 Å². The molecule has 6 nitrogen and oxygen atoms in total. The van der Waals surface area contributed by atoms with Gasteiger partial charge in [0.2, 0.25) is 0 Å². The molecular weight excluding hydrogens is 653 g/mol. The summed E-state index contributed by atoms with van der Waals surface area (Å²) >= 11 is 3.53. The zero-order valence-corrected chi connectivity index (χ0v) is 30.2. The number of alkyl halides is 5. The molecule has 1 aromatic carbocycles. The fourth-order valence-corrected chi connectivity index (χ4v) is 7.34. The molecule has 0 spiro atoms. The highest BCUT2D eigenvalue weighted by Crippen LogP contribution is 2.60. The van der Waals surface area contributed by atoms with E-state index in [0.29, 0.717) is 66.8 Å². The van der Waals surface area contributed by atoms with E-state index in [1.165, 1.54) is 24.0 Å². The minimum absolute atomic E-state index is 0.0334. The highest BCUT2D eigenvalue weighted by molar-refractivity contribution is 7.80. The Morgan fingerprint density at radius 1 is 1.02 bits per heavy atom. The summed E-state index contributed by atoms with van der Waals surface area (Å²) in [4.78, 5) is 26.8. The fourth-order valence-electron chi connectivity index (χ4n) is 7.19. The molecule has 3 fully saturated rings. The Labute approximate surface area is 288 Å². The van der Waals surface area contributed by atoms with Crippen molar-refractivity contribution in [2.45, 2.75) is 117 Å². The van der Waals surface area contributed by atoms with Crippen LogP contribution in [-0.4, -0.2) is 68.0 Å². The van der Waals surface area contributed by atoms with E-state index in [1.807, 2.05) is 6.07 Å². The van der Waals surface area contributed by atoms with Crippen molar-refractivity contribution in [2.75, 3.05) is 39.2 Å². The smallest absolute Gasteiger partial charge is 0.453 e. The number of benzene rings is 1.